The van der Waals surface area contributed by atoms with Crippen LogP contribution < -0.4 is 15.4 Å². The fourth-order valence-corrected chi connectivity index (χ4v) is 3.35. The summed E-state index contributed by atoms with van der Waals surface area (Å²) in [6.07, 6.45) is 0.987. The van der Waals surface area contributed by atoms with Crippen molar-refractivity contribution in [3.05, 3.63) is 29.0 Å². The van der Waals surface area contributed by atoms with Gasteiger partial charge in [0.15, 0.2) is 5.96 Å². The Labute approximate surface area is 127 Å². The van der Waals surface area contributed by atoms with E-state index in [1.165, 1.54) is 0 Å². The predicted octanol–water partition coefficient (Wildman–Crippen LogP) is 0.696. The summed E-state index contributed by atoms with van der Waals surface area (Å²) < 4.78 is 39.4. The number of aliphatic imine (C=N–C) groups is 1. The molecule has 0 aromatic heterocycles. The fraction of sp³-hybridized carbons (Fsp3) is 0.417. The Bertz CT molecular complexity index is 636. The van der Waals surface area contributed by atoms with Crippen LogP contribution >= 0.6 is 11.6 Å². The third-order valence-electron chi connectivity index (χ3n) is 2.79. The Balaban J connectivity index is 1.88. The standard InChI is InChI=1S/C12H16ClFN4O2S/c13-10-8-9(14)2-3-11(10)21(19,20)18-7-6-17-12-15-4-1-5-16-12/h2-3,8,18H,1,4-7H2,(H2,15,16,17). The van der Waals surface area contributed by atoms with Gasteiger partial charge >= 0.3 is 0 Å². The molecule has 2 rings (SSSR count). The maximum Gasteiger partial charge on any atom is 0.242 e. The molecule has 0 saturated heterocycles. The topological polar surface area (TPSA) is 82.6 Å². The van der Waals surface area contributed by atoms with Crippen LogP contribution in [0.1, 0.15) is 6.42 Å². The lowest BCUT2D eigenvalue weighted by Crippen LogP contribution is -2.43. The number of rotatable bonds is 5. The van der Waals surface area contributed by atoms with Crippen LogP contribution in [0.5, 0.6) is 0 Å². The van der Waals surface area contributed by atoms with E-state index >= 15 is 0 Å². The lowest BCUT2D eigenvalue weighted by Gasteiger charge is -2.16. The predicted molar refractivity (Wildman–Crippen MR) is 79.5 cm³/mol. The van der Waals surface area contributed by atoms with Gasteiger partial charge in [0.2, 0.25) is 10.0 Å². The molecule has 0 atom stereocenters. The molecule has 1 aromatic carbocycles. The largest absolute Gasteiger partial charge is 0.356 e. The minimum atomic E-state index is -3.76. The number of hydrogen-bond donors (Lipinski definition) is 3. The van der Waals surface area contributed by atoms with Crippen LogP contribution in [0.25, 0.3) is 0 Å². The van der Waals surface area contributed by atoms with Crippen LogP contribution in [-0.2, 0) is 10.0 Å². The van der Waals surface area contributed by atoms with Gasteiger partial charge in [-0.3, -0.25) is 4.99 Å². The van der Waals surface area contributed by atoms with E-state index in [-0.39, 0.29) is 16.5 Å². The number of nitrogens with zero attached hydrogens (tertiary/aromatic N) is 1. The normalized spacial score (nSPS) is 15.2. The second-order valence-corrected chi connectivity index (χ2v) is 6.55. The molecule has 0 aliphatic carbocycles. The van der Waals surface area contributed by atoms with Crippen molar-refractivity contribution < 1.29 is 12.8 Å². The molecule has 0 amide bonds. The molecule has 0 bridgehead atoms. The molecule has 3 N–H and O–H groups in total. The summed E-state index contributed by atoms with van der Waals surface area (Å²) in [5.41, 5.74) is 0. The van der Waals surface area contributed by atoms with Crippen molar-refractivity contribution in [3.8, 4) is 0 Å². The Hall–Kier alpha value is -1.38. The van der Waals surface area contributed by atoms with Gasteiger partial charge in [0.05, 0.1) is 5.02 Å². The molecule has 0 saturated carbocycles. The van der Waals surface area contributed by atoms with Gasteiger partial charge < -0.3 is 10.6 Å². The Morgan fingerprint density at radius 2 is 2.19 bits per heavy atom. The van der Waals surface area contributed by atoms with Crippen LogP contribution in [0.15, 0.2) is 28.1 Å². The molecule has 0 spiro atoms. The molecule has 116 valence electrons. The molecule has 21 heavy (non-hydrogen) atoms. The second-order valence-electron chi connectivity index (χ2n) is 4.41. The Morgan fingerprint density at radius 1 is 1.38 bits per heavy atom. The minimum Gasteiger partial charge on any atom is -0.356 e. The molecule has 9 heteroatoms. The maximum atomic E-state index is 12.9. The van der Waals surface area contributed by atoms with E-state index in [0.717, 1.165) is 37.7 Å². The first-order chi connectivity index (χ1) is 9.99. The van der Waals surface area contributed by atoms with Crippen molar-refractivity contribution >= 4 is 27.6 Å². The number of guanidine groups is 1. The summed E-state index contributed by atoms with van der Waals surface area (Å²) in [5.74, 6) is 0.0854. The summed E-state index contributed by atoms with van der Waals surface area (Å²) >= 11 is 5.74. The van der Waals surface area contributed by atoms with Gasteiger partial charge in [-0.1, -0.05) is 11.6 Å². The van der Waals surface area contributed by atoms with Gasteiger partial charge in [0.25, 0.3) is 0 Å². The fourth-order valence-electron chi connectivity index (χ4n) is 1.79. The number of hydrogen-bond acceptors (Lipinski definition) is 5. The van der Waals surface area contributed by atoms with Crippen molar-refractivity contribution in [1.29, 1.82) is 0 Å². The van der Waals surface area contributed by atoms with Crippen molar-refractivity contribution in [2.45, 2.75) is 11.3 Å². The molecule has 1 aliphatic heterocycles. The van der Waals surface area contributed by atoms with Crippen molar-refractivity contribution in [1.82, 2.24) is 15.4 Å². The van der Waals surface area contributed by atoms with Gasteiger partial charge in [-0.15, -0.1) is 0 Å². The molecule has 0 unspecified atom stereocenters. The zero-order valence-corrected chi connectivity index (χ0v) is 12.8. The van der Waals surface area contributed by atoms with E-state index in [1.54, 1.807) is 0 Å². The summed E-state index contributed by atoms with van der Waals surface area (Å²) in [7, 11) is -3.76. The molecule has 0 radical (unpaired) electrons. The van der Waals surface area contributed by atoms with E-state index in [0.29, 0.717) is 12.5 Å². The van der Waals surface area contributed by atoms with E-state index < -0.39 is 15.8 Å². The van der Waals surface area contributed by atoms with Crippen LogP contribution in [0.2, 0.25) is 5.02 Å². The minimum absolute atomic E-state index is 0.140. The zero-order chi connectivity index (χ0) is 15.3. The molecule has 1 aromatic rings. The molecule has 1 heterocycles. The summed E-state index contributed by atoms with van der Waals surface area (Å²) in [5, 5.41) is 5.91. The lowest BCUT2D eigenvalue weighted by atomic mass is 10.3. The molecular weight excluding hydrogens is 319 g/mol. The van der Waals surface area contributed by atoms with Gasteiger partial charge in [0.1, 0.15) is 10.7 Å². The highest BCUT2D eigenvalue weighted by molar-refractivity contribution is 7.89. The quantitative estimate of drug-likeness (QED) is 0.692. The molecule has 0 fully saturated rings. The second kappa shape index (κ2) is 7.06. The van der Waals surface area contributed by atoms with E-state index in [2.05, 4.69) is 20.3 Å². The monoisotopic (exact) mass is 334 g/mol. The first-order valence-electron chi connectivity index (χ1n) is 6.46. The average molecular weight is 335 g/mol. The van der Waals surface area contributed by atoms with Gasteiger partial charge in [-0.05, 0) is 24.6 Å². The molecule has 1 aliphatic rings. The SMILES string of the molecule is O=S(=O)(NCCNC1=NCCCN1)c1ccc(F)cc1Cl. The summed E-state index contributed by atoms with van der Waals surface area (Å²) in [4.78, 5) is 4.06. The smallest absolute Gasteiger partial charge is 0.242 e. The maximum absolute atomic E-state index is 12.9. The molecule has 6 nitrogen and oxygen atoms in total. The number of nitrogens with one attached hydrogen (secondary N) is 3. The number of benzene rings is 1. The number of sulfonamides is 1. The lowest BCUT2D eigenvalue weighted by molar-refractivity contribution is 0.579. The van der Waals surface area contributed by atoms with Crippen molar-refractivity contribution in [2.75, 3.05) is 26.2 Å². The van der Waals surface area contributed by atoms with Crippen LogP contribution in [0.4, 0.5) is 4.39 Å². The van der Waals surface area contributed by atoms with E-state index in [4.69, 9.17) is 11.6 Å². The molecular formula is C12H16ClFN4O2S. The highest BCUT2D eigenvalue weighted by Gasteiger charge is 2.17. The van der Waals surface area contributed by atoms with Gasteiger partial charge in [-0.25, -0.2) is 17.5 Å². The highest BCUT2D eigenvalue weighted by Crippen LogP contribution is 2.21. The third-order valence-corrected chi connectivity index (χ3v) is 4.73. The van der Waals surface area contributed by atoms with Gasteiger partial charge in [-0.2, -0.15) is 0 Å². The van der Waals surface area contributed by atoms with Crippen molar-refractivity contribution in [2.24, 2.45) is 4.99 Å². The number of halogens is 2. The van der Waals surface area contributed by atoms with E-state index in [1.807, 2.05) is 0 Å². The first kappa shape index (κ1) is 16.0. The summed E-state index contributed by atoms with van der Waals surface area (Å²) in [6.45, 7) is 2.15. The third kappa shape index (κ3) is 4.55. The van der Waals surface area contributed by atoms with Crippen LogP contribution in [-0.4, -0.2) is 40.6 Å². The first-order valence-corrected chi connectivity index (χ1v) is 8.32. The Morgan fingerprint density at radius 3 is 2.86 bits per heavy atom. The van der Waals surface area contributed by atoms with Crippen LogP contribution in [0, 0.1) is 5.82 Å². The summed E-state index contributed by atoms with van der Waals surface area (Å²) in [6, 6.07) is 3.16. The van der Waals surface area contributed by atoms with Crippen molar-refractivity contribution in [3.63, 3.8) is 0 Å². The zero-order valence-electron chi connectivity index (χ0n) is 11.2. The van der Waals surface area contributed by atoms with E-state index in [9.17, 15) is 12.8 Å². The average Bonchev–Trinajstić information content (AvgIpc) is 2.44. The van der Waals surface area contributed by atoms with Gasteiger partial charge in [0, 0.05) is 26.2 Å². The highest BCUT2D eigenvalue weighted by atomic mass is 35.5. The Kier molecular flexibility index (Phi) is 5.38. The van der Waals surface area contributed by atoms with Crippen LogP contribution in [0.3, 0.4) is 0 Å².